The van der Waals surface area contributed by atoms with E-state index in [1.165, 1.54) is 0 Å². The molecular formula is C16H16N2O3. The van der Waals surface area contributed by atoms with Crippen molar-refractivity contribution in [3.05, 3.63) is 60.7 Å². The van der Waals surface area contributed by atoms with E-state index in [1.54, 1.807) is 43.3 Å². The minimum Gasteiger partial charge on any atom is -0.410 e. The molecule has 5 heteroatoms. The molecule has 0 saturated carbocycles. The van der Waals surface area contributed by atoms with Crippen LogP contribution in [0.15, 0.2) is 60.7 Å². The van der Waals surface area contributed by atoms with E-state index in [1.807, 2.05) is 24.3 Å². The smallest absolute Gasteiger partial charge is 0.410 e. The molecule has 2 aromatic rings. The largest absolute Gasteiger partial charge is 0.413 e. The summed E-state index contributed by atoms with van der Waals surface area (Å²) >= 11 is 0. The molecule has 1 atom stereocenters. The summed E-state index contributed by atoms with van der Waals surface area (Å²) in [6.07, 6.45) is -0.670. The summed E-state index contributed by atoms with van der Waals surface area (Å²) in [6.45, 7) is 1.59. The molecule has 0 aliphatic rings. The third-order valence-corrected chi connectivity index (χ3v) is 2.72. The summed E-state index contributed by atoms with van der Waals surface area (Å²) in [6, 6.07) is 17.0. The van der Waals surface area contributed by atoms with Gasteiger partial charge in [0, 0.05) is 5.69 Å². The number of amides is 2. The number of hydrogen-bond donors (Lipinski definition) is 2. The van der Waals surface area contributed by atoms with Gasteiger partial charge in [0.25, 0.3) is 0 Å². The maximum atomic E-state index is 11.9. The van der Waals surface area contributed by atoms with Crippen LogP contribution in [0, 0.1) is 0 Å². The molecule has 0 bridgehead atoms. The van der Waals surface area contributed by atoms with E-state index in [9.17, 15) is 9.59 Å². The maximum Gasteiger partial charge on any atom is 0.413 e. The first-order chi connectivity index (χ1) is 10.1. The maximum absolute atomic E-state index is 11.9. The summed E-state index contributed by atoms with van der Waals surface area (Å²) in [5.74, 6) is 0.108. The van der Waals surface area contributed by atoms with Crippen LogP contribution >= 0.6 is 0 Å². The zero-order valence-corrected chi connectivity index (χ0v) is 11.6. The van der Waals surface area contributed by atoms with Crippen LogP contribution in [0.5, 0.6) is 5.75 Å². The monoisotopic (exact) mass is 284 g/mol. The highest BCUT2D eigenvalue weighted by molar-refractivity contribution is 5.96. The number of para-hydroxylation sites is 2. The van der Waals surface area contributed by atoms with E-state index in [0.29, 0.717) is 11.4 Å². The Morgan fingerprint density at radius 3 is 2.14 bits per heavy atom. The molecule has 0 radical (unpaired) electrons. The summed E-state index contributed by atoms with van der Waals surface area (Å²) in [5.41, 5.74) is 0.674. The van der Waals surface area contributed by atoms with Gasteiger partial charge >= 0.3 is 6.09 Å². The van der Waals surface area contributed by atoms with Gasteiger partial charge in [0.2, 0.25) is 5.91 Å². The van der Waals surface area contributed by atoms with Crippen molar-refractivity contribution in [3.8, 4) is 5.75 Å². The number of hydrogen-bond acceptors (Lipinski definition) is 3. The van der Waals surface area contributed by atoms with Crippen molar-refractivity contribution in [2.24, 2.45) is 0 Å². The Kier molecular flexibility index (Phi) is 4.93. The van der Waals surface area contributed by atoms with Gasteiger partial charge in [-0.2, -0.15) is 0 Å². The van der Waals surface area contributed by atoms with E-state index in [-0.39, 0.29) is 5.91 Å². The molecule has 0 aliphatic heterocycles. The third kappa shape index (κ3) is 4.65. The number of carbonyl (C=O) groups excluding carboxylic acids is 2. The Hall–Kier alpha value is -2.82. The zero-order valence-electron chi connectivity index (χ0n) is 11.6. The fraction of sp³-hybridized carbons (Fsp3) is 0.125. The van der Waals surface area contributed by atoms with Gasteiger partial charge in [0.05, 0.1) is 0 Å². The molecule has 0 aromatic heterocycles. The predicted molar refractivity (Wildman–Crippen MR) is 80.1 cm³/mol. The van der Waals surface area contributed by atoms with Gasteiger partial charge in [-0.05, 0) is 31.2 Å². The van der Waals surface area contributed by atoms with Crippen LogP contribution in [-0.4, -0.2) is 18.0 Å². The zero-order chi connectivity index (χ0) is 15.1. The van der Waals surface area contributed by atoms with Crippen LogP contribution in [0.3, 0.4) is 0 Å². The molecule has 21 heavy (non-hydrogen) atoms. The van der Waals surface area contributed by atoms with Crippen LogP contribution in [-0.2, 0) is 4.79 Å². The van der Waals surface area contributed by atoms with Gasteiger partial charge in [-0.3, -0.25) is 4.79 Å². The number of carbonyl (C=O) groups is 2. The van der Waals surface area contributed by atoms with Gasteiger partial charge in [-0.1, -0.05) is 36.4 Å². The van der Waals surface area contributed by atoms with Gasteiger partial charge in [0.1, 0.15) is 11.8 Å². The van der Waals surface area contributed by atoms with E-state index >= 15 is 0 Å². The molecule has 0 unspecified atom stereocenters. The highest BCUT2D eigenvalue weighted by Gasteiger charge is 2.16. The Balaban J connectivity index is 1.84. The molecule has 0 saturated heterocycles. The minimum absolute atomic E-state index is 0.314. The lowest BCUT2D eigenvalue weighted by molar-refractivity contribution is -0.117. The highest BCUT2D eigenvalue weighted by atomic mass is 16.6. The standard InChI is InChI=1S/C16H16N2O3/c1-12(15(19)18-13-8-4-2-5-9-13)17-16(20)21-14-10-6-3-7-11-14/h2-12H,1H3,(H,17,20)(H,18,19)/t12-/m0/s1. The SMILES string of the molecule is C[C@H](NC(=O)Oc1ccccc1)C(=O)Nc1ccccc1. The number of rotatable bonds is 4. The fourth-order valence-corrected chi connectivity index (χ4v) is 1.64. The molecule has 2 rings (SSSR count). The Morgan fingerprint density at radius 1 is 0.952 bits per heavy atom. The first-order valence-corrected chi connectivity index (χ1v) is 6.54. The van der Waals surface area contributed by atoms with Crippen LogP contribution in [0.25, 0.3) is 0 Å². The van der Waals surface area contributed by atoms with Crippen molar-refractivity contribution in [2.75, 3.05) is 5.32 Å². The highest BCUT2D eigenvalue weighted by Crippen LogP contribution is 2.09. The van der Waals surface area contributed by atoms with Crippen LogP contribution in [0.2, 0.25) is 0 Å². The minimum atomic E-state index is -0.707. The lowest BCUT2D eigenvalue weighted by atomic mass is 10.3. The fourth-order valence-electron chi connectivity index (χ4n) is 1.64. The van der Waals surface area contributed by atoms with Gasteiger partial charge in [-0.25, -0.2) is 4.79 Å². The molecule has 5 nitrogen and oxygen atoms in total. The lowest BCUT2D eigenvalue weighted by Crippen LogP contribution is -2.42. The van der Waals surface area contributed by atoms with Crippen molar-refractivity contribution in [2.45, 2.75) is 13.0 Å². The first kappa shape index (κ1) is 14.6. The lowest BCUT2D eigenvalue weighted by Gasteiger charge is -2.14. The predicted octanol–water partition coefficient (Wildman–Crippen LogP) is 2.80. The van der Waals surface area contributed by atoms with Crippen molar-refractivity contribution in [1.82, 2.24) is 5.32 Å². The molecule has 0 spiro atoms. The number of ether oxygens (including phenoxy) is 1. The average molecular weight is 284 g/mol. The quantitative estimate of drug-likeness (QED) is 0.907. The molecule has 2 amide bonds. The Morgan fingerprint density at radius 2 is 1.52 bits per heavy atom. The molecule has 0 aliphatic carbocycles. The normalized spacial score (nSPS) is 11.3. The summed E-state index contributed by atoms with van der Waals surface area (Å²) in [4.78, 5) is 23.6. The molecule has 108 valence electrons. The first-order valence-electron chi connectivity index (χ1n) is 6.54. The summed E-state index contributed by atoms with van der Waals surface area (Å²) < 4.78 is 5.06. The Bertz CT molecular complexity index is 599. The van der Waals surface area contributed by atoms with Crippen LogP contribution in [0.4, 0.5) is 10.5 Å². The molecular weight excluding hydrogens is 268 g/mol. The average Bonchev–Trinajstić information content (AvgIpc) is 2.49. The van der Waals surface area contributed by atoms with Crippen molar-refractivity contribution < 1.29 is 14.3 Å². The van der Waals surface area contributed by atoms with E-state index < -0.39 is 12.1 Å². The van der Waals surface area contributed by atoms with Crippen molar-refractivity contribution in [3.63, 3.8) is 0 Å². The second kappa shape index (κ2) is 7.09. The van der Waals surface area contributed by atoms with E-state index in [2.05, 4.69) is 10.6 Å². The van der Waals surface area contributed by atoms with Gasteiger partial charge in [0.15, 0.2) is 0 Å². The van der Waals surface area contributed by atoms with Gasteiger partial charge < -0.3 is 15.4 Å². The summed E-state index contributed by atoms with van der Waals surface area (Å²) in [5, 5.41) is 5.18. The van der Waals surface area contributed by atoms with Crippen molar-refractivity contribution in [1.29, 1.82) is 0 Å². The van der Waals surface area contributed by atoms with Crippen molar-refractivity contribution >= 4 is 17.7 Å². The van der Waals surface area contributed by atoms with Crippen LogP contribution < -0.4 is 15.4 Å². The van der Waals surface area contributed by atoms with Crippen LogP contribution in [0.1, 0.15) is 6.92 Å². The molecule has 0 fully saturated rings. The topological polar surface area (TPSA) is 67.4 Å². The van der Waals surface area contributed by atoms with Gasteiger partial charge in [-0.15, -0.1) is 0 Å². The molecule has 2 aromatic carbocycles. The van der Waals surface area contributed by atoms with E-state index in [4.69, 9.17) is 4.74 Å². The van der Waals surface area contributed by atoms with E-state index in [0.717, 1.165) is 0 Å². The molecule has 2 N–H and O–H groups in total. The Labute approximate surface area is 122 Å². The number of nitrogens with one attached hydrogen (secondary N) is 2. The summed E-state index contributed by atoms with van der Waals surface area (Å²) in [7, 11) is 0. The third-order valence-electron chi connectivity index (χ3n) is 2.72. The second-order valence-corrected chi connectivity index (χ2v) is 4.42. The second-order valence-electron chi connectivity index (χ2n) is 4.42. The number of benzene rings is 2. The molecule has 0 heterocycles. The number of anilines is 1.